The normalized spacial score (nSPS) is 11.4. The molecule has 0 saturated heterocycles. The fourth-order valence-corrected chi connectivity index (χ4v) is 3.72. The molecule has 35 heavy (non-hydrogen) atoms. The van der Waals surface area contributed by atoms with Crippen molar-refractivity contribution in [3.63, 3.8) is 0 Å². The van der Waals surface area contributed by atoms with Crippen LogP contribution in [0.1, 0.15) is 21.5 Å². The van der Waals surface area contributed by atoms with Crippen molar-refractivity contribution < 1.29 is 27.0 Å². The highest BCUT2D eigenvalue weighted by atomic mass is 35.5. The number of rotatable bonds is 9. The molecule has 0 atom stereocenters. The molecular formula is C23H25Cl2N3O6S. The number of amides is 3. The molecule has 0 radical (unpaired) electrons. The lowest BCUT2D eigenvalue weighted by Gasteiger charge is -2.21. The molecule has 0 saturated carbocycles. The molecule has 0 aliphatic carbocycles. The minimum atomic E-state index is -3.73. The van der Waals surface area contributed by atoms with Crippen LogP contribution >= 0.6 is 23.2 Å². The topological polar surface area (TPSA) is 113 Å². The highest BCUT2D eigenvalue weighted by Gasteiger charge is 2.19. The van der Waals surface area contributed by atoms with Crippen LogP contribution < -0.4 is 10.2 Å². The number of benzene rings is 2. The lowest BCUT2D eigenvalue weighted by atomic mass is 10.1. The molecule has 0 unspecified atom stereocenters. The van der Waals surface area contributed by atoms with Gasteiger partial charge < -0.3 is 15.1 Å². The second kappa shape index (κ2) is 12.2. The Labute approximate surface area is 214 Å². The third kappa shape index (κ3) is 8.36. The third-order valence-corrected chi connectivity index (χ3v) is 6.05. The molecule has 0 aliphatic rings. The Morgan fingerprint density at radius 2 is 1.66 bits per heavy atom. The zero-order chi connectivity index (χ0) is 26.3. The predicted molar refractivity (Wildman–Crippen MR) is 136 cm³/mol. The SMILES string of the molecule is CN(C)C(=O)c1ccc(C=CC(=O)NCC(=O)N(C)c2ccc(Cl)c(COS(C)(=O)=O)c2Cl)cc1. The molecule has 1 N–H and O–H groups in total. The lowest BCUT2D eigenvalue weighted by molar-refractivity contribution is -0.122. The van der Waals surface area contributed by atoms with E-state index in [1.807, 2.05) is 0 Å². The molecule has 2 rings (SSSR count). The van der Waals surface area contributed by atoms with Crippen molar-refractivity contribution in [2.24, 2.45) is 0 Å². The van der Waals surface area contributed by atoms with E-state index in [2.05, 4.69) is 5.32 Å². The van der Waals surface area contributed by atoms with Crippen LogP contribution in [0.4, 0.5) is 5.69 Å². The summed E-state index contributed by atoms with van der Waals surface area (Å²) < 4.78 is 27.3. The summed E-state index contributed by atoms with van der Waals surface area (Å²) in [5.41, 5.74) is 1.71. The summed E-state index contributed by atoms with van der Waals surface area (Å²) in [6.07, 6.45) is 3.72. The van der Waals surface area contributed by atoms with E-state index in [0.717, 1.165) is 6.26 Å². The van der Waals surface area contributed by atoms with Gasteiger partial charge in [-0.15, -0.1) is 0 Å². The van der Waals surface area contributed by atoms with Gasteiger partial charge in [0.15, 0.2) is 0 Å². The van der Waals surface area contributed by atoms with Crippen LogP contribution in [0.3, 0.4) is 0 Å². The maximum Gasteiger partial charge on any atom is 0.264 e. The van der Waals surface area contributed by atoms with Crippen LogP contribution in [0.2, 0.25) is 10.0 Å². The van der Waals surface area contributed by atoms with E-state index >= 15 is 0 Å². The van der Waals surface area contributed by atoms with E-state index in [9.17, 15) is 22.8 Å². The summed E-state index contributed by atoms with van der Waals surface area (Å²) in [4.78, 5) is 39.3. The molecule has 2 aromatic carbocycles. The summed E-state index contributed by atoms with van der Waals surface area (Å²) in [5, 5.41) is 2.72. The largest absolute Gasteiger partial charge is 0.345 e. The molecule has 0 fully saturated rings. The number of likely N-dealkylation sites (N-methyl/N-ethyl adjacent to an activating group) is 1. The van der Waals surface area contributed by atoms with E-state index in [1.165, 1.54) is 35.1 Å². The van der Waals surface area contributed by atoms with Gasteiger partial charge in [-0.2, -0.15) is 8.42 Å². The average Bonchev–Trinajstić information content (AvgIpc) is 2.79. The first-order chi connectivity index (χ1) is 16.3. The van der Waals surface area contributed by atoms with Crippen molar-refractivity contribution >= 4 is 62.8 Å². The monoisotopic (exact) mass is 541 g/mol. The van der Waals surface area contributed by atoms with E-state index in [1.54, 1.807) is 44.4 Å². The van der Waals surface area contributed by atoms with Gasteiger partial charge in [-0.3, -0.25) is 18.6 Å². The van der Waals surface area contributed by atoms with Crippen LogP contribution in [-0.4, -0.2) is 65.0 Å². The highest BCUT2D eigenvalue weighted by Crippen LogP contribution is 2.34. The van der Waals surface area contributed by atoms with Gasteiger partial charge in [0.25, 0.3) is 16.0 Å². The standard InChI is InChI=1S/C23H25Cl2N3O6S/c1-27(2)23(31)16-8-5-15(6-9-16)7-12-20(29)26-13-21(30)28(3)19-11-10-18(24)17(22(19)25)14-34-35(4,32)33/h5-12H,13-14H2,1-4H3,(H,26,29). The second-order valence-corrected chi connectivity index (χ2v) is 10.1. The molecular weight excluding hydrogens is 517 g/mol. The minimum Gasteiger partial charge on any atom is -0.345 e. The number of anilines is 1. The fraction of sp³-hybridized carbons (Fsp3) is 0.261. The van der Waals surface area contributed by atoms with Gasteiger partial charge in [-0.1, -0.05) is 35.3 Å². The number of hydrogen-bond donors (Lipinski definition) is 1. The Bertz CT molecular complexity index is 1240. The molecule has 9 nitrogen and oxygen atoms in total. The van der Waals surface area contributed by atoms with Gasteiger partial charge in [0.05, 0.1) is 30.1 Å². The van der Waals surface area contributed by atoms with Crippen LogP contribution in [0.5, 0.6) is 0 Å². The molecule has 0 heterocycles. The molecule has 0 aromatic heterocycles. The van der Waals surface area contributed by atoms with Gasteiger partial charge in [0.1, 0.15) is 0 Å². The zero-order valence-corrected chi connectivity index (χ0v) is 21.9. The summed E-state index contributed by atoms with van der Waals surface area (Å²) in [7, 11) is 1.05. The summed E-state index contributed by atoms with van der Waals surface area (Å²) in [6, 6.07) is 9.68. The number of nitrogens with one attached hydrogen (secondary N) is 1. The van der Waals surface area contributed by atoms with Gasteiger partial charge >= 0.3 is 0 Å². The Morgan fingerprint density at radius 3 is 2.23 bits per heavy atom. The van der Waals surface area contributed by atoms with Crippen LogP contribution in [0.15, 0.2) is 42.5 Å². The molecule has 2 aromatic rings. The molecule has 0 aliphatic heterocycles. The molecule has 3 amide bonds. The Hall–Kier alpha value is -2.92. The predicted octanol–water partition coefficient (Wildman–Crippen LogP) is 2.96. The van der Waals surface area contributed by atoms with Crippen molar-refractivity contribution in [3.8, 4) is 0 Å². The summed E-state index contributed by atoms with van der Waals surface area (Å²) in [5.74, 6) is -1.10. The van der Waals surface area contributed by atoms with Gasteiger partial charge in [-0.05, 0) is 35.9 Å². The van der Waals surface area contributed by atoms with Gasteiger partial charge in [-0.25, -0.2) is 0 Å². The molecule has 0 bridgehead atoms. The van der Waals surface area contributed by atoms with E-state index in [4.69, 9.17) is 27.4 Å². The van der Waals surface area contributed by atoms with Crippen molar-refractivity contribution in [3.05, 3.63) is 69.2 Å². The molecule has 0 spiro atoms. The Kier molecular flexibility index (Phi) is 9.84. The molecule has 188 valence electrons. The maximum absolute atomic E-state index is 12.6. The summed E-state index contributed by atoms with van der Waals surface area (Å²) in [6.45, 7) is -0.706. The van der Waals surface area contributed by atoms with E-state index in [-0.39, 0.29) is 33.7 Å². The average molecular weight is 542 g/mol. The highest BCUT2D eigenvalue weighted by molar-refractivity contribution is 7.85. The number of hydrogen-bond acceptors (Lipinski definition) is 6. The number of halogens is 2. The number of carbonyl (C=O) groups is 3. The second-order valence-electron chi connectivity index (χ2n) is 7.65. The number of nitrogens with zero attached hydrogens (tertiary/aromatic N) is 2. The fourth-order valence-electron chi connectivity index (χ4n) is 2.78. The first-order valence-electron chi connectivity index (χ1n) is 10.2. The first kappa shape index (κ1) is 28.3. The van der Waals surface area contributed by atoms with E-state index in [0.29, 0.717) is 11.1 Å². The van der Waals surface area contributed by atoms with Crippen LogP contribution in [-0.2, 0) is 30.5 Å². The quantitative estimate of drug-likeness (QED) is 0.385. The van der Waals surface area contributed by atoms with Crippen molar-refractivity contribution in [2.75, 3.05) is 38.8 Å². The van der Waals surface area contributed by atoms with Crippen LogP contribution in [0.25, 0.3) is 6.08 Å². The lowest BCUT2D eigenvalue weighted by Crippen LogP contribution is -2.37. The van der Waals surface area contributed by atoms with Crippen molar-refractivity contribution in [1.82, 2.24) is 10.2 Å². The third-order valence-electron chi connectivity index (χ3n) is 4.72. The Morgan fingerprint density at radius 1 is 1.03 bits per heavy atom. The maximum atomic E-state index is 12.6. The minimum absolute atomic E-state index is 0.0550. The van der Waals surface area contributed by atoms with Gasteiger partial charge in [0.2, 0.25) is 11.8 Å². The van der Waals surface area contributed by atoms with Gasteiger partial charge in [0, 0.05) is 43.4 Å². The Balaban J connectivity index is 1.99. The number of carbonyl (C=O) groups excluding carboxylic acids is 3. The van der Waals surface area contributed by atoms with Crippen molar-refractivity contribution in [1.29, 1.82) is 0 Å². The van der Waals surface area contributed by atoms with E-state index < -0.39 is 28.5 Å². The first-order valence-corrected chi connectivity index (χ1v) is 12.7. The van der Waals surface area contributed by atoms with Crippen molar-refractivity contribution in [2.45, 2.75) is 6.61 Å². The summed E-state index contributed by atoms with van der Waals surface area (Å²) >= 11 is 12.4. The molecule has 12 heteroatoms. The zero-order valence-electron chi connectivity index (χ0n) is 19.5. The van der Waals surface area contributed by atoms with Crippen LogP contribution in [0, 0.1) is 0 Å². The smallest absolute Gasteiger partial charge is 0.264 e.